The van der Waals surface area contributed by atoms with Crippen molar-refractivity contribution >= 4 is 34.8 Å². The zero-order valence-corrected chi connectivity index (χ0v) is 16.1. The van der Waals surface area contributed by atoms with Crippen LogP contribution in [-0.2, 0) is 4.79 Å². The average molecular weight is 401 g/mol. The molecule has 2 fully saturated rings. The Hall–Kier alpha value is -2.42. The largest absolute Gasteiger partial charge is 0.335 e. The normalized spacial score (nSPS) is 22.4. The number of carbonyl (C=O) groups is 1. The highest BCUT2D eigenvalue weighted by molar-refractivity contribution is 6.30. The van der Waals surface area contributed by atoms with E-state index in [2.05, 4.69) is 6.19 Å². The lowest BCUT2D eigenvalue weighted by Crippen LogP contribution is -2.41. The second-order valence-corrected chi connectivity index (χ2v) is 7.63. The third-order valence-corrected chi connectivity index (χ3v) is 5.70. The smallest absolute Gasteiger partial charge is 0.223 e. The van der Waals surface area contributed by atoms with Gasteiger partial charge in [0, 0.05) is 23.0 Å². The first kappa shape index (κ1) is 18.0. The van der Waals surface area contributed by atoms with Gasteiger partial charge in [-0.15, -0.1) is 0 Å². The first-order valence-electron chi connectivity index (χ1n) is 8.85. The number of hydrogen-bond acceptors (Lipinski definition) is 4. The highest BCUT2D eigenvalue weighted by Gasteiger charge is 2.46. The van der Waals surface area contributed by atoms with Crippen LogP contribution in [-0.4, -0.2) is 34.9 Å². The molecular formula is C20H18Cl2N4O. The van der Waals surface area contributed by atoms with Crippen molar-refractivity contribution in [2.75, 3.05) is 18.1 Å². The monoisotopic (exact) mass is 400 g/mol. The number of benzene rings is 2. The van der Waals surface area contributed by atoms with Gasteiger partial charge in [0.05, 0.1) is 18.3 Å². The van der Waals surface area contributed by atoms with E-state index in [1.54, 1.807) is 17.1 Å². The van der Waals surface area contributed by atoms with E-state index < -0.39 is 0 Å². The van der Waals surface area contributed by atoms with Crippen LogP contribution >= 0.6 is 23.2 Å². The van der Waals surface area contributed by atoms with E-state index in [1.807, 2.05) is 46.3 Å². The zero-order valence-electron chi connectivity index (χ0n) is 14.6. The summed E-state index contributed by atoms with van der Waals surface area (Å²) in [5.74, 6) is 0.148. The molecule has 1 amide bonds. The fourth-order valence-electron chi connectivity index (χ4n) is 3.95. The fraction of sp³-hybridized carbons (Fsp3) is 0.300. The third-order valence-electron chi connectivity index (χ3n) is 5.20. The molecule has 2 heterocycles. The van der Waals surface area contributed by atoms with E-state index in [1.165, 1.54) is 0 Å². The highest BCUT2D eigenvalue weighted by Crippen LogP contribution is 2.39. The van der Waals surface area contributed by atoms with E-state index in [4.69, 9.17) is 23.2 Å². The number of nitriles is 1. The van der Waals surface area contributed by atoms with Gasteiger partial charge in [0.1, 0.15) is 6.04 Å². The highest BCUT2D eigenvalue weighted by atomic mass is 35.5. The molecule has 0 bridgehead atoms. The summed E-state index contributed by atoms with van der Waals surface area (Å²) >= 11 is 12.1. The van der Waals surface area contributed by atoms with Crippen LogP contribution < -0.4 is 5.01 Å². The molecule has 2 saturated heterocycles. The van der Waals surface area contributed by atoms with Gasteiger partial charge < -0.3 is 4.90 Å². The van der Waals surface area contributed by atoms with Gasteiger partial charge in [-0.3, -0.25) is 9.80 Å². The molecule has 0 saturated carbocycles. The van der Waals surface area contributed by atoms with E-state index in [0.717, 1.165) is 24.2 Å². The van der Waals surface area contributed by atoms with Gasteiger partial charge in [-0.2, -0.15) is 5.26 Å². The van der Waals surface area contributed by atoms with Crippen LogP contribution in [0.15, 0.2) is 48.5 Å². The summed E-state index contributed by atoms with van der Waals surface area (Å²) in [5.41, 5.74) is 1.83. The predicted molar refractivity (Wildman–Crippen MR) is 105 cm³/mol. The minimum absolute atomic E-state index is 0.114. The van der Waals surface area contributed by atoms with Crippen molar-refractivity contribution in [2.24, 2.45) is 0 Å². The molecule has 0 N–H and O–H groups in total. The third kappa shape index (κ3) is 3.31. The molecule has 2 unspecified atom stereocenters. The van der Waals surface area contributed by atoms with Crippen molar-refractivity contribution in [1.82, 2.24) is 9.91 Å². The maximum absolute atomic E-state index is 12.4. The first-order valence-corrected chi connectivity index (χ1v) is 9.61. The zero-order chi connectivity index (χ0) is 19.0. The Bertz CT molecular complexity index is 878. The number of rotatable bonds is 3. The molecule has 5 nitrogen and oxygen atoms in total. The van der Waals surface area contributed by atoms with E-state index >= 15 is 0 Å². The van der Waals surface area contributed by atoms with E-state index in [0.29, 0.717) is 23.0 Å². The van der Waals surface area contributed by atoms with Gasteiger partial charge in [-0.05, 0) is 48.4 Å². The van der Waals surface area contributed by atoms with Crippen LogP contribution in [0.4, 0.5) is 5.69 Å². The molecule has 2 aromatic rings. The molecule has 27 heavy (non-hydrogen) atoms. The summed E-state index contributed by atoms with van der Waals surface area (Å²) in [6, 6.07) is 14.5. The molecule has 2 aliphatic heterocycles. The number of amides is 1. The molecule has 2 atom stereocenters. The first-order chi connectivity index (χ1) is 13.1. The molecule has 0 radical (unpaired) electrons. The van der Waals surface area contributed by atoms with E-state index in [-0.39, 0.29) is 18.0 Å². The minimum atomic E-state index is -0.259. The number of hydrazine groups is 1. The number of carbonyl (C=O) groups excluding carboxylic acids is 1. The SMILES string of the molecule is N#CN1C(c2ccc(Cl)cc2)C(N2CCCC2=O)CN1c1ccc(Cl)cc1. The quantitative estimate of drug-likeness (QED) is 0.722. The average Bonchev–Trinajstić information content (AvgIpc) is 3.26. The summed E-state index contributed by atoms with van der Waals surface area (Å²) in [6.07, 6.45) is 3.74. The number of nitrogens with zero attached hydrogens (tertiary/aromatic N) is 4. The Kier molecular flexibility index (Phi) is 4.86. The minimum Gasteiger partial charge on any atom is -0.335 e. The Morgan fingerprint density at radius 2 is 1.63 bits per heavy atom. The fourth-order valence-corrected chi connectivity index (χ4v) is 4.20. The van der Waals surface area contributed by atoms with Crippen LogP contribution in [0.3, 0.4) is 0 Å². The molecule has 0 aliphatic carbocycles. The maximum atomic E-state index is 12.4. The maximum Gasteiger partial charge on any atom is 0.223 e. The molecule has 4 rings (SSSR count). The van der Waals surface area contributed by atoms with E-state index in [9.17, 15) is 10.1 Å². The molecule has 2 aromatic carbocycles. The summed E-state index contributed by atoms with van der Waals surface area (Å²) in [6.45, 7) is 1.27. The molecule has 7 heteroatoms. The number of halogens is 2. The van der Waals surface area contributed by atoms with Crippen molar-refractivity contribution in [3.05, 3.63) is 64.1 Å². The molecule has 2 aliphatic rings. The van der Waals surface area contributed by atoms with Gasteiger partial charge in [-0.25, -0.2) is 5.01 Å². The van der Waals surface area contributed by atoms with Crippen LogP contribution in [0.1, 0.15) is 24.4 Å². The van der Waals surface area contributed by atoms with Gasteiger partial charge in [0.15, 0.2) is 0 Å². The van der Waals surface area contributed by atoms with Gasteiger partial charge in [-0.1, -0.05) is 35.3 Å². The lowest BCUT2D eigenvalue weighted by Gasteiger charge is -2.30. The van der Waals surface area contributed by atoms with Crippen LogP contribution in [0.2, 0.25) is 10.0 Å². The standard InChI is InChI=1S/C20H18Cl2N4O/c21-15-5-3-14(4-6-15)20-18(24-11-1-2-19(24)27)12-25(26(20)13-23)17-9-7-16(22)8-10-17/h3-10,18,20H,1-2,11-12H2. The van der Waals surface area contributed by atoms with Crippen molar-refractivity contribution < 1.29 is 4.79 Å². The second-order valence-electron chi connectivity index (χ2n) is 6.76. The lowest BCUT2D eigenvalue weighted by atomic mass is 9.99. The van der Waals surface area contributed by atoms with Crippen LogP contribution in [0.25, 0.3) is 0 Å². The topological polar surface area (TPSA) is 50.6 Å². The Balaban J connectivity index is 1.75. The predicted octanol–water partition coefficient (Wildman–Crippen LogP) is 4.24. The summed E-state index contributed by atoms with van der Waals surface area (Å²) in [5, 5.41) is 14.8. The molecule has 0 spiro atoms. The van der Waals surface area contributed by atoms with Crippen LogP contribution in [0, 0.1) is 11.5 Å². The molecular weight excluding hydrogens is 383 g/mol. The number of hydrogen-bond donors (Lipinski definition) is 0. The van der Waals surface area contributed by atoms with Crippen LogP contribution in [0.5, 0.6) is 0 Å². The lowest BCUT2D eigenvalue weighted by molar-refractivity contribution is -0.129. The number of anilines is 1. The number of likely N-dealkylation sites (tertiary alicyclic amines) is 1. The Morgan fingerprint density at radius 1 is 1.00 bits per heavy atom. The summed E-state index contributed by atoms with van der Waals surface area (Å²) < 4.78 is 0. The van der Waals surface area contributed by atoms with Crippen molar-refractivity contribution in [3.63, 3.8) is 0 Å². The Morgan fingerprint density at radius 3 is 2.19 bits per heavy atom. The molecule has 0 aromatic heterocycles. The second kappa shape index (κ2) is 7.30. The Labute approximate surface area is 168 Å². The summed E-state index contributed by atoms with van der Waals surface area (Å²) in [7, 11) is 0. The van der Waals surface area contributed by atoms with Crippen molar-refractivity contribution in [1.29, 1.82) is 5.26 Å². The van der Waals surface area contributed by atoms with Gasteiger partial charge in [0.25, 0.3) is 0 Å². The van der Waals surface area contributed by atoms with Crippen molar-refractivity contribution in [2.45, 2.75) is 24.9 Å². The summed E-state index contributed by atoms with van der Waals surface area (Å²) in [4.78, 5) is 14.4. The molecule has 138 valence electrons. The van der Waals surface area contributed by atoms with Gasteiger partial charge >= 0.3 is 0 Å². The van der Waals surface area contributed by atoms with Crippen molar-refractivity contribution in [3.8, 4) is 6.19 Å². The van der Waals surface area contributed by atoms with Gasteiger partial charge in [0.2, 0.25) is 12.1 Å².